The lowest BCUT2D eigenvalue weighted by atomic mass is 10.2. The second-order valence-electron chi connectivity index (χ2n) is 5.64. The van der Waals surface area contributed by atoms with E-state index in [1.165, 1.54) is 6.07 Å². The van der Waals surface area contributed by atoms with Crippen LogP contribution >= 0.6 is 0 Å². The molecule has 0 aliphatic rings. The molecule has 0 saturated heterocycles. The molecule has 0 bridgehead atoms. The number of hydrogen-bond acceptors (Lipinski definition) is 5. The number of hydrogen-bond donors (Lipinski definition) is 3. The number of halogens is 2. The highest BCUT2D eigenvalue weighted by Gasteiger charge is 2.09. The summed E-state index contributed by atoms with van der Waals surface area (Å²) in [5.74, 6) is -0.221. The number of aromatic nitrogens is 3. The van der Waals surface area contributed by atoms with Gasteiger partial charge in [0, 0.05) is 43.7 Å². The lowest BCUT2D eigenvalue weighted by molar-refractivity contribution is -0.119. The second kappa shape index (κ2) is 8.26. The normalized spacial score (nSPS) is 10.5. The molecule has 1 amide bonds. The zero-order valence-corrected chi connectivity index (χ0v) is 14.5. The molecule has 0 radical (unpaired) electrons. The summed E-state index contributed by atoms with van der Waals surface area (Å²) in [6.07, 6.45) is 3.69. The monoisotopic (exact) mass is 372 g/mol. The molecule has 2 aromatic heterocycles. The van der Waals surface area contributed by atoms with Gasteiger partial charge in [-0.2, -0.15) is 9.97 Å². The van der Waals surface area contributed by atoms with Crippen molar-refractivity contribution in [3.63, 3.8) is 0 Å². The van der Waals surface area contributed by atoms with Crippen LogP contribution in [0.25, 0.3) is 5.82 Å². The van der Waals surface area contributed by atoms with Gasteiger partial charge >= 0.3 is 0 Å². The third-order valence-corrected chi connectivity index (χ3v) is 3.73. The fourth-order valence-electron chi connectivity index (χ4n) is 2.35. The van der Waals surface area contributed by atoms with Gasteiger partial charge in [0.15, 0.2) is 0 Å². The van der Waals surface area contributed by atoms with Crippen LogP contribution in [0.1, 0.15) is 5.56 Å². The van der Waals surface area contributed by atoms with Crippen LogP contribution in [0.2, 0.25) is 0 Å². The van der Waals surface area contributed by atoms with Crippen molar-refractivity contribution < 1.29 is 13.6 Å². The third kappa shape index (κ3) is 4.78. The maximum atomic E-state index is 13.6. The first-order valence-electron chi connectivity index (χ1n) is 8.20. The van der Waals surface area contributed by atoms with Crippen LogP contribution in [0.4, 0.5) is 20.5 Å². The zero-order valence-electron chi connectivity index (χ0n) is 14.5. The second-order valence-corrected chi connectivity index (χ2v) is 5.64. The van der Waals surface area contributed by atoms with Crippen molar-refractivity contribution in [3.05, 3.63) is 66.0 Å². The predicted octanol–water partition coefficient (Wildman–Crippen LogP) is 2.32. The van der Waals surface area contributed by atoms with Gasteiger partial charge < -0.3 is 20.5 Å². The maximum Gasteiger partial charge on any atom is 0.239 e. The summed E-state index contributed by atoms with van der Waals surface area (Å²) in [7, 11) is 1.70. The van der Waals surface area contributed by atoms with Crippen LogP contribution in [0, 0.1) is 11.6 Å². The quantitative estimate of drug-likeness (QED) is 0.593. The van der Waals surface area contributed by atoms with E-state index in [0.29, 0.717) is 17.6 Å². The lowest BCUT2D eigenvalue weighted by Gasteiger charge is -2.11. The molecule has 27 heavy (non-hydrogen) atoms. The smallest absolute Gasteiger partial charge is 0.239 e. The fourth-order valence-corrected chi connectivity index (χ4v) is 2.35. The van der Waals surface area contributed by atoms with E-state index in [0.717, 1.165) is 12.1 Å². The van der Waals surface area contributed by atoms with Crippen LogP contribution in [-0.2, 0) is 11.3 Å². The Morgan fingerprint density at radius 3 is 2.63 bits per heavy atom. The SMILES string of the molecule is CNc1nc(NCC(=O)NCc2ccc(F)cc2F)cc(-n2cccc2)n1. The molecular weight excluding hydrogens is 354 g/mol. The van der Waals surface area contributed by atoms with E-state index in [-0.39, 0.29) is 24.6 Å². The van der Waals surface area contributed by atoms with Gasteiger partial charge in [-0.05, 0) is 18.2 Å². The van der Waals surface area contributed by atoms with E-state index in [9.17, 15) is 13.6 Å². The number of carbonyl (C=O) groups is 1. The Kier molecular flexibility index (Phi) is 5.60. The van der Waals surface area contributed by atoms with Crippen molar-refractivity contribution in [3.8, 4) is 5.82 Å². The molecule has 0 aliphatic carbocycles. The number of amides is 1. The minimum absolute atomic E-state index is 0.0349. The van der Waals surface area contributed by atoms with Gasteiger partial charge in [0.25, 0.3) is 0 Å². The van der Waals surface area contributed by atoms with Crippen molar-refractivity contribution in [1.29, 1.82) is 0 Å². The summed E-state index contributed by atoms with van der Waals surface area (Å²) in [4.78, 5) is 20.6. The fraction of sp³-hybridized carbons (Fsp3) is 0.167. The highest BCUT2D eigenvalue weighted by Crippen LogP contribution is 2.14. The molecule has 0 spiro atoms. The van der Waals surface area contributed by atoms with Crippen molar-refractivity contribution in [2.24, 2.45) is 0 Å². The number of nitrogens with zero attached hydrogens (tertiary/aromatic N) is 3. The summed E-state index contributed by atoms with van der Waals surface area (Å²) < 4.78 is 28.3. The minimum atomic E-state index is -0.700. The predicted molar refractivity (Wildman–Crippen MR) is 97.6 cm³/mol. The van der Waals surface area contributed by atoms with Crippen molar-refractivity contribution >= 4 is 17.7 Å². The number of rotatable bonds is 7. The van der Waals surface area contributed by atoms with Crippen molar-refractivity contribution in [1.82, 2.24) is 19.9 Å². The molecule has 3 aromatic rings. The molecule has 3 N–H and O–H groups in total. The van der Waals surface area contributed by atoms with Crippen LogP contribution in [-0.4, -0.2) is 34.0 Å². The topological polar surface area (TPSA) is 83.9 Å². The van der Waals surface area contributed by atoms with Gasteiger partial charge in [-0.1, -0.05) is 6.07 Å². The molecular formula is C18H18F2N6O. The lowest BCUT2D eigenvalue weighted by Crippen LogP contribution is -2.30. The highest BCUT2D eigenvalue weighted by atomic mass is 19.1. The highest BCUT2D eigenvalue weighted by molar-refractivity contribution is 5.80. The average Bonchev–Trinajstić information content (AvgIpc) is 3.20. The van der Waals surface area contributed by atoms with Crippen molar-refractivity contribution in [2.75, 3.05) is 24.2 Å². The largest absolute Gasteiger partial charge is 0.361 e. The first-order chi connectivity index (χ1) is 13.0. The molecule has 0 fully saturated rings. The van der Waals surface area contributed by atoms with E-state index in [1.54, 1.807) is 13.1 Å². The number of nitrogens with one attached hydrogen (secondary N) is 3. The molecule has 9 heteroatoms. The Balaban J connectivity index is 1.60. The van der Waals surface area contributed by atoms with Gasteiger partial charge in [0.05, 0.1) is 6.54 Å². The van der Waals surface area contributed by atoms with Gasteiger partial charge in [-0.15, -0.1) is 0 Å². The van der Waals surface area contributed by atoms with Gasteiger partial charge in [-0.25, -0.2) is 8.78 Å². The number of anilines is 2. The Labute approximate surface area is 154 Å². The summed E-state index contributed by atoms with van der Waals surface area (Å²) >= 11 is 0. The molecule has 140 valence electrons. The van der Waals surface area contributed by atoms with E-state index < -0.39 is 11.6 Å². The molecule has 0 aliphatic heterocycles. The minimum Gasteiger partial charge on any atom is -0.361 e. The van der Waals surface area contributed by atoms with Gasteiger partial charge in [0.2, 0.25) is 11.9 Å². The van der Waals surface area contributed by atoms with E-state index in [4.69, 9.17) is 0 Å². The molecule has 1 aromatic carbocycles. The van der Waals surface area contributed by atoms with Crippen LogP contribution in [0.5, 0.6) is 0 Å². The van der Waals surface area contributed by atoms with E-state index in [2.05, 4.69) is 25.9 Å². The Hall–Kier alpha value is -3.49. The molecule has 2 heterocycles. The molecule has 0 saturated carbocycles. The molecule has 3 rings (SSSR count). The Bertz CT molecular complexity index is 930. The standard InChI is InChI=1S/C18H18F2N6O/c1-21-18-24-15(9-16(25-18)26-6-2-3-7-26)22-11-17(27)23-10-12-4-5-13(19)8-14(12)20/h2-9H,10-11H2,1H3,(H,23,27)(H2,21,22,24,25). The summed E-state index contributed by atoms with van der Waals surface area (Å²) in [6.45, 7) is -0.0963. The number of carbonyl (C=O) groups excluding carboxylic acids is 1. The Morgan fingerprint density at radius 1 is 1.15 bits per heavy atom. The van der Waals surface area contributed by atoms with Crippen LogP contribution < -0.4 is 16.0 Å². The third-order valence-electron chi connectivity index (χ3n) is 3.73. The summed E-state index contributed by atoms with van der Waals surface area (Å²) in [5.41, 5.74) is 0.208. The average molecular weight is 372 g/mol. The van der Waals surface area contributed by atoms with Gasteiger partial charge in [0.1, 0.15) is 23.3 Å². The zero-order chi connectivity index (χ0) is 19.2. The number of benzene rings is 1. The first kappa shape index (κ1) is 18.3. The Morgan fingerprint density at radius 2 is 1.93 bits per heavy atom. The molecule has 0 unspecified atom stereocenters. The van der Waals surface area contributed by atoms with Gasteiger partial charge in [-0.3, -0.25) is 4.79 Å². The summed E-state index contributed by atoms with van der Waals surface area (Å²) in [5, 5.41) is 8.35. The van der Waals surface area contributed by atoms with Crippen LogP contribution in [0.3, 0.4) is 0 Å². The summed E-state index contributed by atoms with van der Waals surface area (Å²) in [6, 6.07) is 8.67. The molecule has 7 nitrogen and oxygen atoms in total. The maximum absolute atomic E-state index is 13.6. The van der Waals surface area contributed by atoms with E-state index in [1.807, 2.05) is 29.1 Å². The first-order valence-corrected chi connectivity index (χ1v) is 8.20. The van der Waals surface area contributed by atoms with Crippen LogP contribution in [0.15, 0.2) is 48.8 Å². The van der Waals surface area contributed by atoms with Crippen molar-refractivity contribution in [2.45, 2.75) is 6.54 Å². The molecule has 0 atom stereocenters. The van der Waals surface area contributed by atoms with E-state index >= 15 is 0 Å².